The summed E-state index contributed by atoms with van der Waals surface area (Å²) >= 11 is 0. The number of non-ortho nitro benzene ring substituents is 1. The largest absolute Gasteiger partial charge is 0.330 e. The van der Waals surface area contributed by atoms with Crippen LogP contribution in [0.25, 0.3) is 11.0 Å². The van der Waals surface area contributed by atoms with Crippen LogP contribution in [0.1, 0.15) is 12.0 Å². The van der Waals surface area contributed by atoms with Crippen LogP contribution >= 0.6 is 0 Å². The number of nitrogens with zero attached hydrogens (tertiary/aromatic N) is 4. The number of fused-ring (bicyclic) bond motifs is 1. The maximum atomic E-state index is 11.9. The summed E-state index contributed by atoms with van der Waals surface area (Å²) in [6, 6.07) is 13.7. The van der Waals surface area contributed by atoms with Crippen LogP contribution in [0.15, 0.2) is 60.0 Å². The second kappa shape index (κ2) is 7.35. The van der Waals surface area contributed by atoms with Crippen LogP contribution in [-0.4, -0.2) is 26.6 Å². The number of hydrogen-bond donors (Lipinski definition) is 1. The Hall–Kier alpha value is -3.55. The standard InChI is InChI=1S/C17H15N5O3/c23-17(8-9-21-12-18-15-6-1-2-7-16(15)21)20-19-11-13-4-3-5-14(10-13)22(24)25/h1-7,10-12H,8-9H2,(H,20,23)/b19-11+. The maximum absolute atomic E-state index is 11.9. The van der Waals surface area contributed by atoms with Crippen LogP contribution < -0.4 is 5.43 Å². The molecule has 25 heavy (non-hydrogen) atoms. The average molecular weight is 337 g/mol. The summed E-state index contributed by atoms with van der Waals surface area (Å²) in [4.78, 5) is 26.4. The van der Waals surface area contributed by atoms with Gasteiger partial charge in [0.25, 0.3) is 5.69 Å². The number of rotatable bonds is 6. The minimum atomic E-state index is -0.481. The topological polar surface area (TPSA) is 102 Å². The van der Waals surface area contributed by atoms with Gasteiger partial charge in [0.1, 0.15) is 0 Å². The van der Waals surface area contributed by atoms with Crippen molar-refractivity contribution in [1.29, 1.82) is 0 Å². The Morgan fingerprint density at radius 3 is 2.96 bits per heavy atom. The highest BCUT2D eigenvalue weighted by Gasteiger charge is 2.06. The smallest absolute Gasteiger partial charge is 0.270 e. The Morgan fingerprint density at radius 2 is 2.12 bits per heavy atom. The van der Waals surface area contributed by atoms with Gasteiger partial charge in [-0.2, -0.15) is 5.10 Å². The summed E-state index contributed by atoms with van der Waals surface area (Å²) in [7, 11) is 0. The van der Waals surface area contributed by atoms with E-state index in [1.54, 1.807) is 18.5 Å². The quantitative estimate of drug-likeness (QED) is 0.424. The maximum Gasteiger partial charge on any atom is 0.270 e. The summed E-state index contributed by atoms with van der Waals surface area (Å²) in [6.07, 6.45) is 3.31. The molecule has 0 saturated heterocycles. The van der Waals surface area contributed by atoms with E-state index in [2.05, 4.69) is 15.5 Å². The number of para-hydroxylation sites is 2. The van der Waals surface area contributed by atoms with Crippen LogP contribution in [0.3, 0.4) is 0 Å². The van der Waals surface area contributed by atoms with Crippen molar-refractivity contribution in [3.05, 3.63) is 70.5 Å². The third-order valence-electron chi connectivity index (χ3n) is 3.59. The van der Waals surface area contributed by atoms with Gasteiger partial charge in [0, 0.05) is 30.7 Å². The summed E-state index contributed by atoms with van der Waals surface area (Å²) in [5, 5.41) is 14.5. The van der Waals surface area contributed by atoms with Crippen molar-refractivity contribution in [1.82, 2.24) is 15.0 Å². The van der Waals surface area contributed by atoms with E-state index in [-0.39, 0.29) is 18.0 Å². The van der Waals surface area contributed by atoms with Crippen molar-refractivity contribution >= 4 is 28.8 Å². The second-order valence-corrected chi connectivity index (χ2v) is 5.32. The Balaban J connectivity index is 1.54. The van der Waals surface area contributed by atoms with Gasteiger partial charge in [-0.25, -0.2) is 10.4 Å². The molecule has 0 bridgehead atoms. The molecule has 8 heteroatoms. The normalized spacial score (nSPS) is 11.0. The molecule has 0 aliphatic rings. The summed E-state index contributed by atoms with van der Waals surface area (Å²) in [5.74, 6) is -0.250. The summed E-state index contributed by atoms with van der Waals surface area (Å²) in [5.41, 5.74) is 4.78. The van der Waals surface area contributed by atoms with Gasteiger partial charge in [0.2, 0.25) is 5.91 Å². The number of nitrogens with one attached hydrogen (secondary N) is 1. The van der Waals surface area contributed by atoms with Crippen LogP contribution in [0.2, 0.25) is 0 Å². The molecule has 8 nitrogen and oxygen atoms in total. The Kier molecular flexibility index (Phi) is 4.79. The number of benzene rings is 2. The average Bonchev–Trinajstić information content (AvgIpc) is 3.03. The zero-order valence-electron chi connectivity index (χ0n) is 13.2. The lowest BCUT2D eigenvalue weighted by Gasteiger charge is -2.03. The zero-order valence-corrected chi connectivity index (χ0v) is 13.2. The predicted molar refractivity (Wildman–Crippen MR) is 93.2 cm³/mol. The van der Waals surface area contributed by atoms with Crippen LogP contribution in [0.5, 0.6) is 0 Å². The second-order valence-electron chi connectivity index (χ2n) is 5.32. The number of hydrazone groups is 1. The fourth-order valence-electron chi connectivity index (χ4n) is 2.36. The number of aryl methyl sites for hydroxylation is 1. The highest BCUT2D eigenvalue weighted by atomic mass is 16.6. The number of carbonyl (C=O) groups excluding carboxylic acids is 1. The van der Waals surface area contributed by atoms with Gasteiger partial charge in [-0.3, -0.25) is 14.9 Å². The van der Waals surface area contributed by atoms with Crippen molar-refractivity contribution in [3.8, 4) is 0 Å². The van der Waals surface area contributed by atoms with Gasteiger partial charge < -0.3 is 4.57 Å². The lowest BCUT2D eigenvalue weighted by molar-refractivity contribution is -0.384. The lowest BCUT2D eigenvalue weighted by atomic mass is 10.2. The molecule has 1 N–H and O–H groups in total. The number of aromatic nitrogens is 2. The number of hydrogen-bond acceptors (Lipinski definition) is 5. The molecule has 0 radical (unpaired) electrons. The van der Waals surface area contributed by atoms with Gasteiger partial charge in [0.15, 0.2) is 0 Å². The van der Waals surface area contributed by atoms with E-state index in [0.717, 1.165) is 11.0 Å². The highest BCUT2D eigenvalue weighted by molar-refractivity contribution is 5.83. The Labute approximate surface area is 142 Å². The zero-order chi connectivity index (χ0) is 17.6. The SMILES string of the molecule is O=C(CCn1cnc2ccccc21)N/N=C/c1cccc([N+](=O)[O-])c1. The van der Waals surface area contributed by atoms with E-state index >= 15 is 0 Å². The van der Waals surface area contributed by atoms with E-state index in [1.807, 2.05) is 28.8 Å². The molecule has 0 aliphatic carbocycles. The van der Waals surface area contributed by atoms with Crippen molar-refractivity contribution in [2.24, 2.45) is 5.10 Å². The van der Waals surface area contributed by atoms with Gasteiger partial charge in [0.05, 0.1) is 28.5 Å². The minimum Gasteiger partial charge on any atom is -0.330 e. The molecule has 1 amide bonds. The third-order valence-corrected chi connectivity index (χ3v) is 3.59. The van der Waals surface area contributed by atoms with Gasteiger partial charge in [-0.15, -0.1) is 0 Å². The van der Waals surface area contributed by atoms with E-state index in [4.69, 9.17) is 0 Å². The molecule has 0 spiro atoms. The first-order valence-corrected chi connectivity index (χ1v) is 7.60. The molecular weight excluding hydrogens is 322 g/mol. The minimum absolute atomic E-state index is 0.0257. The molecule has 0 aliphatic heterocycles. The Bertz CT molecular complexity index is 948. The van der Waals surface area contributed by atoms with Crippen LogP contribution in [-0.2, 0) is 11.3 Å². The third kappa shape index (κ3) is 4.05. The monoisotopic (exact) mass is 337 g/mol. The van der Waals surface area contributed by atoms with Crippen LogP contribution in [0, 0.1) is 10.1 Å². The number of carbonyl (C=O) groups is 1. The fraction of sp³-hybridized carbons (Fsp3) is 0.118. The van der Waals surface area contributed by atoms with Gasteiger partial charge in [-0.05, 0) is 12.1 Å². The first-order chi connectivity index (χ1) is 12.1. The summed E-state index contributed by atoms with van der Waals surface area (Å²) in [6.45, 7) is 0.485. The number of amides is 1. The van der Waals surface area contributed by atoms with Crippen molar-refractivity contribution in [2.45, 2.75) is 13.0 Å². The molecule has 0 saturated carbocycles. The molecule has 0 atom stereocenters. The Morgan fingerprint density at radius 1 is 1.28 bits per heavy atom. The molecule has 0 unspecified atom stereocenters. The van der Waals surface area contributed by atoms with E-state index in [9.17, 15) is 14.9 Å². The molecular formula is C17H15N5O3. The van der Waals surface area contributed by atoms with Crippen LogP contribution in [0.4, 0.5) is 5.69 Å². The van der Waals surface area contributed by atoms with Gasteiger partial charge in [-0.1, -0.05) is 24.3 Å². The number of nitro groups is 1. The molecule has 1 aromatic heterocycles. The summed E-state index contributed by atoms with van der Waals surface area (Å²) < 4.78 is 1.90. The first-order valence-electron chi connectivity index (χ1n) is 7.60. The van der Waals surface area contributed by atoms with Gasteiger partial charge >= 0.3 is 0 Å². The lowest BCUT2D eigenvalue weighted by Crippen LogP contribution is -2.19. The molecule has 3 rings (SSSR count). The first kappa shape index (κ1) is 16.3. The molecule has 2 aromatic carbocycles. The number of imidazole rings is 1. The highest BCUT2D eigenvalue weighted by Crippen LogP contribution is 2.12. The predicted octanol–water partition coefficient (Wildman–Crippen LogP) is 2.48. The van der Waals surface area contributed by atoms with E-state index < -0.39 is 4.92 Å². The van der Waals surface area contributed by atoms with Crippen molar-refractivity contribution in [3.63, 3.8) is 0 Å². The van der Waals surface area contributed by atoms with Crippen molar-refractivity contribution in [2.75, 3.05) is 0 Å². The molecule has 3 aromatic rings. The van der Waals surface area contributed by atoms with E-state index in [1.165, 1.54) is 18.3 Å². The number of nitro benzene ring substituents is 1. The fourth-order valence-corrected chi connectivity index (χ4v) is 2.36. The van der Waals surface area contributed by atoms with Crippen molar-refractivity contribution < 1.29 is 9.72 Å². The molecule has 126 valence electrons. The molecule has 0 fully saturated rings. The molecule has 1 heterocycles. The van der Waals surface area contributed by atoms with E-state index in [0.29, 0.717) is 12.1 Å².